The van der Waals surface area contributed by atoms with E-state index in [1.807, 2.05) is 27.7 Å². The molecule has 1 saturated heterocycles. The smallest absolute Gasteiger partial charge is 0.410 e. The molecule has 1 N–H and O–H groups in total. The van der Waals surface area contributed by atoms with Gasteiger partial charge in [-0.25, -0.2) is 14.2 Å². The van der Waals surface area contributed by atoms with Gasteiger partial charge in [0.1, 0.15) is 17.2 Å². The molecule has 8 heteroatoms. The molecule has 2 heterocycles. The molecule has 0 spiro atoms. The number of hydrogen-bond donors (Lipinski definition) is 1. The van der Waals surface area contributed by atoms with Crippen LogP contribution < -0.4 is 5.32 Å². The zero-order valence-corrected chi connectivity index (χ0v) is 19.6. The van der Waals surface area contributed by atoms with Crippen molar-refractivity contribution >= 4 is 29.4 Å². The number of hydrogen-bond acceptors (Lipinski definition) is 4. The Bertz CT molecular complexity index is 1010. The van der Waals surface area contributed by atoms with E-state index in [0.29, 0.717) is 53.3 Å². The van der Waals surface area contributed by atoms with Crippen molar-refractivity contribution < 1.29 is 18.7 Å². The molecule has 0 saturated carbocycles. The van der Waals surface area contributed by atoms with E-state index in [0.717, 1.165) is 0 Å². The van der Waals surface area contributed by atoms with Crippen molar-refractivity contribution in [2.75, 3.05) is 18.4 Å². The number of amides is 2. The maximum atomic E-state index is 14.3. The zero-order chi connectivity index (χ0) is 23.5. The van der Waals surface area contributed by atoms with Crippen molar-refractivity contribution in [3.8, 4) is 11.1 Å². The first-order valence-corrected chi connectivity index (χ1v) is 11.2. The van der Waals surface area contributed by atoms with Gasteiger partial charge in [0.15, 0.2) is 0 Å². The third-order valence-electron chi connectivity index (χ3n) is 5.31. The number of benzene rings is 1. The van der Waals surface area contributed by atoms with E-state index in [-0.39, 0.29) is 24.2 Å². The second kappa shape index (κ2) is 9.86. The number of ether oxygens (including phenoxy) is 1. The molecule has 32 heavy (non-hydrogen) atoms. The lowest BCUT2D eigenvalue weighted by atomic mass is 9.97. The number of anilines is 1. The van der Waals surface area contributed by atoms with Gasteiger partial charge in [0.25, 0.3) is 0 Å². The molecular formula is C24H29ClFN3O3. The maximum absolute atomic E-state index is 14.3. The fourth-order valence-electron chi connectivity index (χ4n) is 3.80. The lowest BCUT2D eigenvalue weighted by Crippen LogP contribution is -2.45. The fraction of sp³-hybridized carbons (Fsp3) is 0.458. The highest BCUT2D eigenvalue weighted by Crippen LogP contribution is 2.33. The van der Waals surface area contributed by atoms with E-state index in [1.165, 1.54) is 12.3 Å². The third kappa shape index (κ3) is 5.76. The normalized spacial score (nSPS) is 16.6. The lowest BCUT2D eigenvalue weighted by Gasteiger charge is -2.33. The summed E-state index contributed by atoms with van der Waals surface area (Å²) in [5.74, 6) is -0.574. The minimum absolute atomic E-state index is 0.228. The van der Waals surface area contributed by atoms with Crippen LogP contribution in [0.4, 0.5) is 15.0 Å². The van der Waals surface area contributed by atoms with Gasteiger partial charge in [-0.1, -0.05) is 30.7 Å². The predicted molar refractivity (Wildman–Crippen MR) is 123 cm³/mol. The van der Waals surface area contributed by atoms with Crippen LogP contribution in [0.5, 0.6) is 0 Å². The number of halogens is 2. The number of carbonyl (C=O) groups is 2. The minimum atomic E-state index is -0.593. The van der Waals surface area contributed by atoms with Crippen LogP contribution in [0.2, 0.25) is 5.02 Å². The van der Waals surface area contributed by atoms with Gasteiger partial charge >= 0.3 is 6.09 Å². The maximum Gasteiger partial charge on any atom is 0.410 e. The molecule has 0 aliphatic carbocycles. The number of aromatic nitrogens is 1. The van der Waals surface area contributed by atoms with E-state index in [2.05, 4.69) is 10.3 Å². The summed E-state index contributed by atoms with van der Waals surface area (Å²) in [5, 5.41) is 3.20. The van der Waals surface area contributed by atoms with Crippen molar-refractivity contribution in [1.82, 2.24) is 9.88 Å². The molecule has 1 aliphatic heterocycles. The average Bonchev–Trinajstić information content (AvgIpc) is 2.74. The Kier molecular flexibility index (Phi) is 7.39. The van der Waals surface area contributed by atoms with Crippen molar-refractivity contribution in [2.24, 2.45) is 5.92 Å². The number of nitrogens with one attached hydrogen (secondary N) is 1. The molecule has 2 aromatic rings. The second-order valence-electron chi connectivity index (χ2n) is 8.92. The Balaban J connectivity index is 1.75. The summed E-state index contributed by atoms with van der Waals surface area (Å²) in [6, 6.07) is 6.50. The van der Waals surface area contributed by atoms with Crippen molar-refractivity contribution in [2.45, 2.75) is 52.6 Å². The minimum Gasteiger partial charge on any atom is -0.444 e. The van der Waals surface area contributed by atoms with Crippen LogP contribution in [0.3, 0.4) is 0 Å². The third-order valence-corrected chi connectivity index (χ3v) is 5.61. The molecular weight excluding hydrogens is 433 g/mol. The van der Waals surface area contributed by atoms with Gasteiger partial charge in [-0.2, -0.15) is 0 Å². The molecule has 2 amide bonds. The van der Waals surface area contributed by atoms with Gasteiger partial charge in [0, 0.05) is 24.8 Å². The summed E-state index contributed by atoms with van der Waals surface area (Å²) in [4.78, 5) is 31.1. The topological polar surface area (TPSA) is 71.5 Å². The summed E-state index contributed by atoms with van der Waals surface area (Å²) in [5.41, 5.74) is 1.24. The van der Waals surface area contributed by atoms with Gasteiger partial charge in [0.05, 0.1) is 10.9 Å². The summed E-state index contributed by atoms with van der Waals surface area (Å²) in [6.07, 6.45) is 2.91. The second-order valence-corrected chi connectivity index (χ2v) is 9.33. The molecule has 1 atom stereocenters. The fourth-order valence-corrected chi connectivity index (χ4v) is 4.00. The van der Waals surface area contributed by atoms with Crippen molar-refractivity contribution in [1.29, 1.82) is 0 Å². The van der Waals surface area contributed by atoms with Crippen molar-refractivity contribution in [3.05, 3.63) is 46.9 Å². The first kappa shape index (κ1) is 24.0. The summed E-state index contributed by atoms with van der Waals surface area (Å²) in [7, 11) is 0. The number of nitrogens with zero attached hydrogens (tertiary/aromatic N) is 2. The van der Waals surface area contributed by atoms with Crippen LogP contribution in [0.25, 0.3) is 11.1 Å². The SMILES string of the molecule is CCc1c(F)cccc1-c1cc(NC(=O)C2CCCN(C(=O)OC(C)(C)C)C2)ncc1Cl. The van der Waals surface area contributed by atoms with Crippen LogP contribution in [0.15, 0.2) is 30.5 Å². The monoisotopic (exact) mass is 461 g/mol. The standard InChI is InChI=1S/C24H29ClFN3O3/c1-5-16-17(9-6-10-20(16)26)18-12-21(27-13-19(18)25)28-22(30)15-8-7-11-29(14-15)23(31)32-24(2,3)4/h6,9-10,12-13,15H,5,7-8,11,14H2,1-4H3,(H,27,28,30). The van der Waals surface area contributed by atoms with E-state index >= 15 is 0 Å². The predicted octanol–water partition coefficient (Wildman–Crippen LogP) is 5.69. The van der Waals surface area contributed by atoms with Crippen molar-refractivity contribution in [3.63, 3.8) is 0 Å². The first-order valence-electron chi connectivity index (χ1n) is 10.8. The van der Waals surface area contributed by atoms with Gasteiger partial charge in [0.2, 0.25) is 5.91 Å². The Hall–Kier alpha value is -2.67. The highest BCUT2D eigenvalue weighted by Gasteiger charge is 2.31. The molecule has 0 radical (unpaired) electrons. The molecule has 1 aromatic heterocycles. The van der Waals surface area contributed by atoms with Gasteiger partial charge in [-0.15, -0.1) is 0 Å². The van der Waals surface area contributed by atoms with E-state index < -0.39 is 11.7 Å². The van der Waals surface area contributed by atoms with Crippen LogP contribution in [-0.4, -0.2) is 40.6 Å². The van der Waals surface area contributed by atoms with Crippen LogP contribution in [0.1, 0.15) is 46.1 Å². The number of likely N-dealkylation sites (tertiary alicyclic amines) is 1. The van der Waals surface area contributed by atoms with Gasteiger partial charge < -0.3 is 15.0 Å². The molecule has 1 aliphatic rings. The van der Waals surface area contributed by atoms with Gasteiger partial charge in [-0.3, -0.25) is 4.79 Å². The number of piperidine rings is 1. The van der Waals surface area contributed by atoms with E-state index in [1.54, 1.807) is 23.1 Å². The largest absolute Gasteiger partial charge is 0.444 e. The quantitative estimate of drug-likeness (QED) is 0.635. The highest BCUT2D eigenvalue weighted by atomic mass is 35.5. The molecule has 1 fully saturated rings. The zero-order valence-electron chi connectivity index (χ0n) is 18.9. The Labute approximate surface area is 193 Å². The van der Waals surface area contributed by atoms with E-state index in [4.69, 9.17) is 16.3 Å². The number of rotatable bonds is 4. The first-order chi connectivity index (χ1) is 15.1. The average molecular weight is 462 g/mol. The van der Waals surface area contributed by atoms with E-state index in [9.17, 15) is 14.0 Å². The summed E-state index contributed by atoms with van der Waals surface area (Å²) < 4.78 is 19.7. The lowest BCUT2D eigenvalue weighted by molar-refractivity contribution is -0.121. The Morgan fingerprint density at radius 2 is 2.06 bits per heavy atom. The molecule has 1 aromatic carbocycles. The van der Waals surface area contributed by atoms with Crippen LogP contribution >= 0.6 is 11.6 Å². The molecule has 3 rings (SSSR count). The summed E-state index contributed by atoms with van der Waals surface area (Å²) >= 11 is 6.35. The number of carbonyl (C=O) groups excluding carboxylic acids is 2. The Morgan fingerprint density at radius 3 is 2.75 bits per heavy atom. The van der Waals surface area contributed by atoms with Crippen LogP contribution in [-0.2, 0) is 16.0 Å². The highest BCUT2D eigenvalue weighted by molar-refractivity contribution is 6.33. The molecule has 0 bridgehead atoms. The van der Waals surface area contributed by atoms with Crippen LogP contribution in [0, 0.1) is 11.7 Å². The molecule has 172 valence electrons. The summed E-state index contributed by atoms with van der Waals surface area (Å²) in [6.45, 7) is 8.15. The number of pyridine rings is 1. The molecule has 1 unspecified atom stereocenters. The Morgan fingerprint density at radius 1 is 1.31 bits per heavy atom. The molecule has 6 nitrogen and oxygen atoms in total. The van der Waals surface area contributed by atoms with Gasteiger partial charge in [-0.05, 0) is 63.3 Å².